The van der Waals surface area contributed by atoms with Crippen LogP contribution in [0, 0.1) is 0 Å². The van der Waals surface area contributed by atoms with Crippen molar-refractivity contribution in [3.8, 4) is 0 Å². The van der Waals surface area contributed by atoms with Gasteiger partial charge in [-0.15, -0.1) is 0 Å². The van der Waals surface area contributed by atoms with Crippen molar-refractivity contribution < 1.29 is 9.90 Å². The van der Waals surface area contributed by atoms with Gasteiger partial charge in [0.2, 0.25) is 5.91 Å². The van der Waals surface area contributed by atoms with E-state index in [0.717, 1.165) is 16.6 Å². The lowest BCUT2D eigenvalue weighted by Gasteiger charge is -2.35. The van der Waals surface area contributed by atoms with Crippen LogP contribution < -0.4 is 10.2 Å². The average molecular weight is 327 g/mol. The number of aliphatic hydroxyl groups is 1. The summed E-state index contributed by atoms with van der Waals surface area (Å²) in [7, 11) is 0. The summed E-state index contributed by atoms with van der Waals surface area (Å²) in [6, 6.07) is 7.82. The van der Waals surface area contributed by atoms with Gasteiger partial charge in [-0.3, -0.25) is 4.79 Å². The van der Waals surface area contributed by atoms with Crippen LogP contribution in [0.1, 0.15) is 19.8 Å². The lowest BCUT2D eigenvalue weighted by molar-refractivity contribution is -0.122. The Hall–Kier alpha value is -1.07. The van der Waals surface area contributed by atoms with Crippen LogP contribution in [0.3, 0.4) is 0 Å². The smallest absolute Gasteiger partial charge is 0.242 e. The zero-order chi connectivity index (χ0) is 13.8. The largest absolute Gasteiger partial charge is 0.396 e. The van der Waals surface area contributed by atoms with Gasteiger partial charge in [-0.2, -0.15) is 0 Å². The number of carbonyl (C=O) groups is 1. The fraction of sp³-hybridized carbons (Fsp3) is 0.500. The molecule has 1 aromatic carbocycles. The van der Waals surface area contributed by atoms with Gasteiger partial charge in [0, 0.05) is 23.7 Å². The minimum atomic E-state index is -0.318. The molecule has 0 spiro atoms. The number of nitrogens with one attached hydrogen (secondary N) is 1. The second-order valence-electron chi connectivity index (χ2n) is 4.82. The number of para-hydroxylation sites is 1. The van der Waals surface area contributed by atoms with Crippen molar-refractivity contribution in [3.05, 3.63) is 28.7 Å². The van der Waals surface area contributed by atoms with Gasteiger partial charge in [-0.1, -0.05) is 12.1 Å². The number of benzene rings is 1. The minimum absolute atomic E-state index is 0.00541. The molecule has 0 aliphatic carbocycles. The summed E-state index contributed by atoms with van der Waals surface area (Å²) in [6.07, 6.45) is 1.34. The third kappa shape index (κ3) is 3.09. The Morgan fingerprint density at radius 3 is 2.89 bits per heavy atom. The molecule has 1 aliphatic rings. The van der Waals surface area contributed by atoms with Crippen molar-refractivity contribution in [3.63, 3.8) is 0 Å². The molecule has 2 unspecified atom stereocenters. The minimum Gasteiger partial charge on any atom is -0.396 e. The summed E-state index contributed by atoms with van der Waals surface area (Å²) < 4.78 is 0.972. The summed E-state index contributed by atoms with van der Waals surface area (Å²) in [5.74, 6) is -0.00541. The highest BCUT2D eigenvalue weighted by atomic mass is 79.9. The van der Waals surface area contributed by atoms with E-state index in [9.17, 15) is 9.90 Å². The van der Waals surface area contributed by atoms with E-state index < -0.39 is 0 Å². The highest BCUT2D eigenvalue weighted by Crippen LogP contribution is 2.31. The first kappa shape index (κ1) is 14.3. The maximum atomic E-state index is 12.2. The van der Waals surface area contributed by atoms with Gasteiger partial charge in [0.05, 0.1) is 5.69 Å². The van der Waals surface area contributed by atoms with Gasteiger partial charge in [-0.05, 0) is 47.8 Å². The second kappa shape index (κ2) is 6.39. The summed E-state index contributed by atoms with van der Waals surface area (Å²) in [5, 5.41) is 12.2. The highest BCUT2D eigenvalue weighted by Gasteiger charge is 2.32. The van der Waals surface area contributed by atoms with Crippen LogP contribution >= 0.6 is 15.9 Å². The molecule has 1 saturated heterocycles. The van der Waals surface area contributed by atoms with Gasteiger partial charge in [0.25, 0.3) is 0 Å². The number of rotatable bonds is 3. The molecule has 2 rings (SSSR count). The third-order valence-electron chi connectivity index (χ3n) is 3.51. The number of anilines is 1. The highest BCUT2D eigenvalue weighted by molar-refractivity contribution is 9.10. The number of hydrogen-bond acceptors (Lipinski definition) is 3. The molecule has 1 heterocycles. The first-order valence-corrected chi connectivity index (χ1v) is 7.36. The molecule has 2 atom stereocenters. The van der Waals surface area contributed by atoms with E-state index >= 15 is 0 Å². The molecule has 0 saturated carbocycles. The van der Waals surface area contributed by atoms with E-state index in [-0.39, 0.29) is 24.6 Å². The number of nitrogens with zero attached hydrogens (tertiary/aromatic N) is 1. The summed E-state index contributed by atoms with van der Waals surface area (Å²) in [5.41, 5.74) is 1.01. The number of aliphatic hydroxyl groups excluding tert-OH is 1. The Labute approximate surface area is 121 Å². The number of carbonyl (C=O) groups excluding carboxylic acids is 1. The molecule has 104 valence electrons. The lowest BCUT2D eigenvalue weighted by atomic mass is 10.1. The Kier molecular flexibility index (Phi) is 4.82. The molecular formula is C14H19BrN2O2. The second-order valence-corrected chi connectivity index (χ2v) is 5.67. The van der Waals surface area contributed by atoms with E-state index in [4.69, 9.17) is 0 Å². The molecule has 5 heteroatoms. The maximum Gasteiger partial charge on any atom is 0.242 e. The zero-order valence-electron chi connectivity index (χ0n) is 11.0. The standard InChI is InChI=1S/C14H19BrN2O2/c1-10-6-8-16-14(19)13(7-9-18)17(10)12-5-3-2-4-11(12)15/h2-5,10,13,18H,6-9H2,1H3,(H,16,19). The molecule has 1 amide bonds. The van der Waals surface area contributed by atoms with Crippen molar-refractivity contribution in [1.82, 2.24) is 5.32 Å². The SMILES string of the molecule is CC1CCNC(=O)C(CCO)N1c1ccccc1Br. The van der Waals surface area contributed by atoms with Gasteiger partial charge >= 0.3 is 0 Å². The molecule has 1 aromatic rings. The lowest BCUT2D eigenvalue weighted by Crippen LogP contribution is -2.48. The molecule has 1 aliphatic heterocycles. The average Bonchev–Trinajstić information content (AvgIpc) is 2.52. The van der Waals surface area contributed by atoms with Crippen LogP contribution in [0.25, 0.3) is 0 Å². The molecule has 19 heavy (non-hydrogen) atoms. The van der Waals surface area contributed by atoms with Crippen molar-refractivity contribution in [1.29, 1.82) is 0 Å². The molecule has 0 bridgehead atoms. The topological polar surface area (TPSA) is 52.6 Å². The Bertz CT molecular complexity index is 453. The molecular weight excluding hydrogens is 308 g/mol. The van der Waals surface area contributed by atoms with Gasteiger partial charge in [-0.25, -0.2) is 0 Å². The van der Waals surface area contributed by atoms with Crippen LogP contribution in [-0.4, -0.2) is 36.2 Å². The zero-order valence-corrected chi connectivity index (χ0v) is 12.6. The first-order valence-electron chi connectivity index (χ1n) is 6.56. The molecule has 1 fully saturated rings. The molecule has 0 radical (unpaired) electrons. The monoisotopic (exact) mass is 326 g/mol. The fourth-order valence-corrected chi connectivity index (χ4v) is 3.04. The number of halogens is 1. The number of amides is 1. The Morgan fingerprint density at radius 2 is 2.21 bits per heavy atom. The van der Waals surface area contributed by atoms with E-state index in [2.05, 4.69) is 33.1 Å². The van der Waals surface area contributed by atoms with Crippen LogP contribution in [0.2, 0.25) is 0 Å². The molecule has 4 nitrogen and oxygen atoms in total. The quantitative estimate of drug-likeness (QED) is 0.892. The fourth-order valence-electron chi connectivity index (χ4n) is 2.55. The summed E-state index contributed by atoms with van der Waals surface area (Å²) >= 11 is 3.55. The van der Waals surface area contributed by atoms with Crippen molar-refractivity contribution in [2.24, 2.45) is 0 Å². The predicted molar refractivity (Wildman–Crippen MR) is 79.2 cm³/mol. The molecule has 0 aromatic heterocycles. The first-order chi connectivity index (χ1) is 9.15. The van der Waals surface area contributed by atoms with Crippen molar-refractivity contribution in [2.75, 3.05) is 18.1 Å². The van der Waals surface area contributed by atoms with E-state index in [1.165, 1.54) is 0 Å². The van der Waals surface area contributed by atoms with E-state index in [1.54, 1.807) is 0 Å². The van der Waals surface area contributed by atoms with Crippen LogP contribution in [0.4, 0.5) is 5.69 Å². The van der Waals surface area contributed by atoms with Gasteiger partial charge in [0.15, 0.2) is 0 Å². The van der Waals surface area contributed by atoms with Crippen LogP contribution in [-0.2, 0) is 4.79 Å². The van der Waals surface area contributed by atoms with Crippen molar-refractivity contribution >= 4 is 27.5 Å². The van der Waals surface area contributed by atoms with Crippen LogP contribution in [0.5, 0.6) is 0 Å². The number of hydrogen-bond donors (Lipinski definition) is 2. The normalized spacial score (nSPS) is 23.9. The molecule has 2 N–H and O–H groups in total. The maximum absolute atomic E-state index is 12.2. The van der Waals surface area contributed by atoms with E-state index in [1.807, 2.05) is 24.3 Å². The van der Waals surface area contributed by atoms with Gasteiger partial charge < -0.3 is 15.3 Å². The predicted octanol–water partition coefficient (Wildman–Crippen LogP) is 1.91. The van der Waals surface area contributed by atoms with E-state index in [0.29, 0.717) is 13.0 Å². The van der Waals surface area contributed by atoms with Crippen molar-refractivity contribution in [2.45, 2.75) is 31.8 Å². The third-order valence-corrected chi connectivity index (χ3v) is 4.18. The van der Waals surface area contributed by atoms with Gasteiger partial charge in [0.1, 0.15) is 6.04 Å². The summed E-state index contributed by atoms with van der Waals surface area (Å²) in [4.78, 5) is 14.3. The van der Waals surface area contributed by atoms with Crippen LogP contribution in [0.15, 0.2) is 28.7 Å². The Morgan fingerprint density at radius 1 is 1.47 bits per heavy atom. The summed E-state index contributed by atoms with van der Waals surface area (Å²) in [6.45, 7) is 2.80. The Balaban J connectivity index is 2.40.